The van der Waals surface area contributed by atoms with Crippen molar-refractivity contribution in [3.05, 3.63) is 46.4 Å². The standard InChI is InChI=1S/C18H21BrN2O3/c1-12-4-6-15(14(19)10-12)20-9-8-18(22)21-16-7-5-13(23-2)11-17(16)24-3/h4-7,10-11,20H,8-9H2,1-3H3,(H,21,22). The van der Waals surface area contributed by atoms with Crippen molar-refractivity contribution in [2.45, 2.75) is 13.3 Å². The first kappa shape index (κ1) is 18.1. The molecular formula is C18H21BrN2O3. The van der Waals surface area contributed by atoms with E-state index in [1.807, 2.05) is 25.1 Å². The lowest BCUT2D eigenvalue weighted by atomic mass is 10.2. The number of hydrogen-bond acceptors (Lipinski definition) is 4. The molecule has 2 rings (SSSR count). The summed E-state index contributed by atoms with van der Waals surface area (Å²) < 4.78 is 11.4. The number of halogens is 1. The molecule has 0 unspecified atom stereocenters. The molecule has 0 aliphatic heterocycles. The van der Waals surface area contributed by atoms with Crippen LogP contribution < -0.4 is 20.1 Å². The predicted octanol–water partition coefficient (Wildman–Crippen LogP) is 4.22. The molecule has 128 valence electrons. The smallest absolute Gasteiger partial charge is 0.226 e. The molecule has 2 aromatic rings. The first-order chi connectivity index (χ1) is 11.5. The SMILES string of the molecule is COc1ccc(NC(=O)CCNc2ccc(C)cc2Br)c(OC)c1. The molecule has 0 aliphatic rings. The van der Waals surface area contributed by atoms with Crippen molar-refractivity contribution in [3.8, 4) is 11.5 Å². The summed E-state index contributed by atoms with van der Waals surface area (Å²) in [5, 5.41) is 6.10. The van der Waals surface area contributed by atoms with Crippen LogP contribution in [0, 0.1) is 6.92 Å². The number of benzene rings is 2. The quantitative estimate of drug-likeness (QED) is 0.740. The molecule has 6 heteroatoms. The van der Waals surface area contributed by atoms with Gasteiger partial charge in [-0.05, 0) is 52.7 Å². The largest absolute Gasteiger partial charge is 0.497 e. The lowest BCUT2D eigenvalue weighted by molar-refractivity contribution is -0.116. The Morgan fingerprint density at radius 1 is 1.08 bits per heavy atom. The second-order valence-electron chi connectivity index (χ2n) is 5.27. The van der Waals surface area contributed by atoms with E-state index in [1.54, 1.807) is 32.4 Å². The molecule has 0 heterocycles. The summed E-state index contributed by atoms with van der Waals surface area (Å²) in [4.78, 5) is 12.1. The summed E-state index contributed by atoms with van der Waals surface area (Å²) in [5.41, 5.74) is 2.77. The Labute approximate surface area is 150 Å². The van der Waals surface area contributed by atoms with Crippen LogP contribution in [-0.4, -0.2) is 26.7 Å². The third-order valence-corrected chi connectivity index (χ3v) is 4.13. The first-order valence-electron chi connectivity index (χ1n) is 7.55. The fraction of sp³-hybridized carbons (Fsp3) is 0.278. The van der Waals surface area contributed by atoms with Gasteiger partial charge in [0.2, 0.25) is 5.91 Å². The maximum absolute atomic E-state index is 12.1. The van der Waals surface area contributed by atoms with Gasteiger partial charge in [-0.2, -0.15) is 0 Å². The molecule has 0 fully saturated rings. The van der Waals surface area contributed by atoms with Crippen LogP contribution in [0.5, 0.6) is 11.5 Å². The van der Waals surface area contributed by atoms with Crippen molar-refractivity contribution >= 4 is 33.2 Å². The number of aryl methyl sites for hydroxylation is 1. The zero-order valence-electron chi connectivity index (χ0n) is 14.0. The predicted molar refractivity (Wildman–Crippen MR) is 100 cm³/mol. The van der Waals surface area contributed by atoms with Crippen LogP contribution in [0.15, 0.2) is 40.9 Å². The fourth-order valence-corrected chi connectivity index (χ4v) is 2.82. The molecule has 0 bridgehead atoms. The minimum atomic E-state index is -0.0887. The van der Waals surface area contributed by atoms with Gasteiger partial charge in [-0.15, -0.1) is 0 Å². The third-order valence-electron chi connectivity index (χ3n) is 3.47. The van der Waals surface area contributed by atoms with Crippen LogP contribution >= 0.6 is 15.9 Å². The number of hydrogen-bond donors (Lipinski definition) is 2. The fourth-order valence-electron chi connectivity index (χ4n) is 2.19. The lowest BCUT2D eigenvalue weighted by Crippen LogP contribution is -2.16. The van der Waals surface area contributed by atoms with Crippen molar-refractivity contribution < 1.29 is 14.3 Å². The van der Waals surface area contributed by atoms with Crippen molar-refractivity contribution in [3.63, 3.8) is 0 Å². The van der Waals surface area contributed by atoms with Crippen molar-refractivity contribution in [2.75, 3.05) is 31.4 Å². The second-order valence-corrected chi connectivity index (χ2v) is 6.13. The molecular weight excluding hydrogens is 372 g/mol. The molecule has 0 saturated heterocycles. The van der Waals surface area contributed by atoms with Gasteiger partial charge in [0.15, 0.2) is 0 Å². The summed E-state index contributed by atoms with van der Waals surface area (Å²) in [6.07, 6.45) is 0.343. The average molecular weight is 393 g/mol. The number of carbonyl (C=O) groups is 1. The molecule has 2 aromatic carbocycles. The summed E-state index contributed by atoms with van der Waals surface area (Å²) >= 11 is 3.51. The average Bonchev–Trinajstić information content (AvgIpc) is 2.57. The molecule has 0 spiro atoms. The van der Waals surface area contributed by atoms with Crippen LogP contribution in [0.3, 0.4) is 0 Å². The number of amides is 1. The lowest BCUT2D eigenvalue weighted by Gasteiger charge is -2.12. The van der Waals surface area contributed by atoms with Gasteiger partial charge in [-0.1, -0.05) is 6.07 Å². The molecule has 24 heavy (non-hydrogen) atoms. The van der Waals surface area contributed by atoms with E-state index < -0.39 is 0 Å². The van der Waals surface area contributed by atoms with Crippen LogP contribution in [-0.2, 0) is 4.79 Å². The molecule has 2 N–H and O–H groups in total. The minimum absolute atomic E-state index is 0.0887. The van der Waals surface area contributed by atoms with Gasteiger partial charge < -0.3 is 20.1 Å². The first-order valence-corrected chi connectivity index (χ1v) is 8.34. The number of rotatable bonds is 7. The number of carbonyl (C=O) groups excluding carboxylic acids is 1. The number of nitrogens with one attached hydrogen (secondary N) is 2. The Kier molecular flexibility index (Phi) is 6.49. The second kappa shape index (κ2) is 8.59. The van der Waals surface area contributed by atoms with Crippen molar-refractivity contribution in [2.24, 2.45) is 0 Å². The van der Waals surface area contributed by atoms with E-state index in [0.29, 0.717) is 30.2 Å². The van der Waals surface area contributed by atoms with E-state index >= 15 is 0 Å². The van der Waals surface area contributed by atoms with Crippen molar-refractivity contribution in [1.82, 2.24) is 0 Å². The van der Waals surface area contributed by atoms with Crippen LogP contribution in [0.1, 0.15) is 12.0 Å². The highest BCUT2D eigenvalue weighted by molar-refractivity contribution is 9.10. The zero-order valence-corrected chi connectivity index (χ0v) is 15.6. The summed E-state index contributed by atoms with van der Waals surface area (Å²) in [6.45, 7) is 2.57. The van der Waals surface area contributed by atoms with Crippen LogP contribution in [0.25, 0.3) is 0 Å². The van der Waals surface area contributed by atoms with Crippen LogP contribution in [0.2, 0.25) is 0 Å². The topological polar surface area (TPSA) is 59.6 Å². The number of anilines is 2. The Hall–Kier alpha value is -2.21. The van der Waals surface area contributed by atoms with Gasteiger partial charge in [-0.3, -0.25) is 4.79 Å². The zero-order chi connectivity index (χ0) is 17.5. The van der Waals surface area contributed by atoms with Gasteiger partial charge in [0.25, 0.3) is 0 Å². The number of methoxy groups -OCH3 is 2. The summed E-state index contributed by atoms with van der Waals surface area (Å²) in [6, 6.07) is 11.3. The highest BCUT2D eigenvalue weighted by atomic mass is 79.9. The maximum atomic E-state index is 12.1. The maximum Gasteiger partial charge on any atom is 0.226 e. The molecule has 0 radical (unpaired) electrons. The summed E-state index contributed by atoms with van der Waals surface area (Å²) in [7, 11) is 3.14. The Morgan fingerprint density at radius 3 is 2.50 bits per heavy atom. The van der Waals surface area contributed by atoms with Gasteiger partial charge in [0.05, 0.1) is 19.9 Å². The Balaban J connectivity index is 1.89. The molecule has 0 atom stereocenters. The molecule has 5 nitrogen and oxygen atoms in total. The molecule has 0 aromatic heterocycles. The Bertz CT molecular complexity index is 719. The Morgan fingerprint density at radius 2 is 1.83 bits per heavy atom. The minimum Gasteiger partial charge on any atom is -0.497 e. The van der Waals surface area contributed by atoms with E-state index in [0.717, 1.165) is 10.2 Å². The summed E-state index contributed by atoms with van der Waals surface area (Å²) in [5.74, 6) is 1.15. The van der Waals surface area contributed by atoms with E-state index in [9.17, 15) is 4.79 Å². The highest BCUT2D eigenvalue weighted by Gasteiger charge is 2.09. The van der Waals surface area contributed by atoms with E-state index in [4.69, 9.17) is 9.47 Å². The molecule has 1 amide bonds. The highest BCUT2D eigenvalue weighted by Crippen LogP contribution is 2.29. The van der Waals surface area contributed by atoms with E-state index in [1.165, 1.54) is 5.56 Å². The van der Waals surface area contributed by atoms with Crippen molar-refractivity contribution in [1.29, 1.82) is 0 Å². The number of ether oxygens (including phenoxy) is 2. The third kappa shape index (κ3) is 4.89. The van der Waals surface area contributed by atoms with E-state index in [2.05, 4.69) is 26.6 Å². The van der Waals surface area contributed by atoms with Gasteiger partial charge >= 0.3 is 0 Å². The molecule has 0 aliphatic carbocycles. The van der Waals surface area contributed by atoms with Crippen LogP contribution in [0.4, 0.5) is 11.4 Å². The van der Waals surface area contributed by atoms with Gasteiger partial charge in [-0.25, -0.2) is 0 Å². The monoisotopic (exact) mass is 392 g/mol. The van der Waals surface area contributed by atoms with E-state index in [-0.39, 0.29) is 5.91 Å². The van der Waals surface area contributed by atoms with Gasteiger partial charge in [0, 0.05) is 29.2 Å². The molecule has 0 saturated carbocycles. The van der Waals surface area contributed by atoms with Gasteiger partial charge in [0.1, 0.15) is 11.5 Å². The normalized spacial score (nSPS) is 10.2.